The summed E-state index contributed by atoms with van der Waals surface area (Å²) in [5.41, 5.74) is 0.966. The summed E-state index contributed by atoms with van der Waals surface area (Å²) in [6.07, 6.45) is 2.41. The van der Waals surface area contributed by atoms with Gasteiger partial charge in [-0.15, -0.1) is 24.0 Å². The molecule has 2 aliphatic rings. The Morgan fingerprint density at radius 2 is 2.10 bits per heavy atom. The fourth-order valence-electron chi connectivity index (χ4n) is 3.40. The predicted octanol–water partition coefficient (Wildman–Crippen LogP) is 0.931. The van der Waals surface area contributed by atoms with Gasteiger partial charge in [0.2, 0.25) is 5.91 Å². The first-order valence-corrected chi connectivity index (χ1v) is 10.0. The van der Waals surface area contributed by atoms with Gasteiger partial charge in [0.05, 0.1) is 11.8 Å². The minimum atomic E-state index is -0.00328. The molecule has 1 aromatic rings. The summed E-state index contributed by atoms with van der Waals surface area (Å²) in [5, 5.41) is 7.51. The molecule has 164 valence electrons. The number of nitrogens with one attached hydrogen (secondary N) is 1. The summed E-state index contributed by atoms with van der Waals surface area (Å²) >= 11 is 0. The fourth-order valence-corrected chi connectivity index (χ4v) is 3.40. The Bertz CT molecular complexity index is 667. The van der Waals surface area contributed by atoms with Gasteiger partial charge in [0.1, 0.15) is 12.3 Å². The Morgan fingerprint density at radius 1 is 1.34 bits per heavy atom. The zero-order valence-corrected chi connectivity index (χ0v) is 19.9. The second kappa shape index (κ2) is 11.7. The number of nitrogens with zero attached hydrogens (tertiary/aromatic N) is 5. The molecule has 2 fully saturated rings. The Morgan fingerprint density at radius 3 is 2.69 bits per heavy atom. The lowest BCUT2D eigenvalue weighted by molar-refractivity contribution is -0.127. The first kappa shape index (κ1) is 23.9. The maximum Gasteiger partial charge on any atom is 0.243 e. The number of ether oxygens (including phenoxy) is 1. The number of rotatable bonds is 6. The number of aromatic nitrogens is 1. The molecule has 0 bridgehead atoms. The standard InChI is InChI=1S/C19H32N6O3.HI/c1-15-11-16(22-28-15)14-24-6-8-25(9-7-24)19(21-13-18(26)23(2)3)20-12-17-5-4-10-27-17;/h11,17H,4-10,12-14H2,1-3H3,(H,20,21);1H. The molecule has 0 radical (unpaired) electrons. The lowest BCUT2D eigenvalue weighted by Gasteiger charge is -2.36. The van der Waals surface area contributed by atoms with E-state index in [1.807, 2.05) is 13.0 Å². The molecule has 0 saturated carbocycles. The van der Waals surface area contributed by atoms with Gasteiger partial charge in [-0.25, -0.2) is 4.99 Å². The van der Waals surface area contributed by atoms with Crippen molar-refractivity contribution in [1.82, 2.24) is 25.2 Å². The Balaban J connectivity index is 0.00000300. The number of halogens is 1. The zero-order chi connectivity index (χ0) is 19.9. The molecule has 1 amide bonds. The summed E-state index contributed by atoms with van der Waals surface area (Å²) in [6.45, 7) is 7.94. The van der Waals surface area contributed by atoms with Crippen molar-refractivity contribution in [3.8, 4) is 0 Å². The van der Waals surface area contributed by atoms with Crippen LogP contribution in [0.1, 0.15) is 24.3 Å². The molecular formula is C19H33IN6O3. The first-order chi connectivity index (χ1) is 13.5. The van der Waals surface area contributed by atoms with Crippen molar-refractivity contribution in [2.24, 2.45) is 4.99 Å². The summed E-state index contributed by atoms with van der Waals surface area (Å²) in [6, 6.07) is 1.98. The van der Waals surface area contributed by atoms with Crippen molar-refractivity contribution in [2.45, 2.75) is 32.4 Å². The molecule has 1 unspecified atom stereocenters. The third kappa shape index (κ3) is 7.41. The van der Waals surface area contributed by atoms with Crippen LogP contribution in [0, 0.1) is 6.92 Å². The van der Waals surface area contributed by atoms with E-state index in [4.69, 9.17) is 9.26 Å². The molecule has 10 heteroatoms. The minimum absolute atomic E-state index is 0. The van der Waals surface area contributed by atoms with Crippen molar-refractivity contribution in [3.63, 3.8) is 0 Å². The monoisotopic (exact) mass is 520 g/mol. The average molecular weight is 520 g/mol. The summed E-state index contributed by atoms with van der Waals surface area (Å²) in [4.78, 5) is 22.7. The Kier molecular flexibility index (Phi) is 9.63. The van der Waals surface area contributed by atoms with Crippen molar-refractivity contribution >= 4 is 35.8 Å². The van der Waals surface area contributed by atoms with Gasteiger partial charge in [0, 0.05) is 66.0 Å². The van der Waals surface area contributed by atoms with Crippen LogP contribution in [-0.4, -0.2) is 97.8 Å². The van der Waals surface area contributed by atoms with Crippen LogP contribution in [0.2, 0.25) is 0 Å². The molecule has 1 N–H and O–H groups in total. The number of likely N-dealkylation sites (N-methyl/N-ethyl adjacent to an activating group) is 1. The van der Waals surface area contributed by atoms with E-state index in [-0.39, 0.29) is 42.5 Å². The van der Waals surface area contributed by atoms with Gasteiger partial charge in [0.25, 0.3) is 0 Å². The smallest absolute Gasteiger partial charge is 0.243 e. The highest BCUT2D eigenvalue weighted by atomic mass is 127. The molecule has 3 rings (SSSR count). The predicted molar refractivity (Wildman–Crippen MR) is 121 cm³/mol. The third-order valence-electron chi connectivity index (χ3n) is 5.11. The average Bonchev–Trinajstić information content (AvgIpc) is 3.34. The van der Waals surface area contributed by atoms with Gasteiger partial charge in [-0.2, -0.15) is 0 Å². The molecule has 2 aliphatic heterocycles. The van der Waals surface area contributed by atoms with Crippen molar-refractivity contribution in [3.05, 3.63) is 17.5 Å². The fraction of sp³-hybridized carbons (Fsp3) is 0.737. The van der Waals surface area contributed by atoms with E-state index < -0.39 is 0 Å². The SMILES string of the molecule is Cc1cc(CN2CCN(C(=NCC(=O)N(C)C)NCC3CCCO3)CC2)no1.I. The first-order valence-electron chi connectivity index (χ1n) is 10.0. The van der Waals surface area contributed by atoms with Crippen molar-refractivity contribution < 1.29 is 14.1 Å². The number of piperazine rings is 1. The lowest BCUT2D eigenvalue weighted by atomic mass is 10.2. The van der Waals surface area contributed by atoms with Gasteiger partial charge >= 0.3 is 0 Å². The number of hydrogen-bond acceptors (Lipinski definition) is 6. The second-order valence-electron chi connectivity index (χ2n) is 7.64. The van der Waals surface area contributed by atoms with E-state index in [0.717, 1.165) is 76.1 Å². The highest BCUT2D eigenvalue weighted by molar-refractivity contribution is 14.0. The summed E-state index contributed by atoms with van der Waals surface area (Å²) in [5.74, 6) is 1.63. The second-order valence-corrected chi connectivity index (χ2v) is 7.64. The molecular weight excluding hydrogens is 487 g/mol. The maximum atomic E-state index is 12.0. The van der Waals surface area contributed by atoms with Crippen molar-refractivity contribution in [2.75, 3.05) is 60.0 Å². The molecule has 3 heterocycles. The minimum Gasteiger partial charge on any atom is -0.376 e. The lowest BCUT2D eigenvalue weighted by Crippen LogP contribution is -2.53. The number of aliphatic imine (C=N–C) groups is 1. The van der Waals surface area contributed by atoms with Gasteiger partial charge in [-0.3, -0.25) is 9.69 Å². The number of amides is 1. The number of hydrogen-bond donors (Lipinski definition) is 1. The summed E-state index contributed by atoms with van der Waals surface area (Å²) < 4.78 is 10.9. The molecule has 0 spiro atoms. The van der Waals surface area contributed by atoms with E-state index in [0.29, 0.717) is 0 Å². The van der Waals surface area contributed by atoms with Crippen LogP contribution in [0.5, 0.6) is 0 Å². The van der Waals surface area contributed by atoms with Crippen LogP contribution < -0.4 is 5.32 Å². The Labute approximate surface area is 189 Å². The van der Waals surface area contributed by atoms with Crippen LogP contribution >= 0.6 is 24.0 Å². The van der Waals surface area contributed by atoms with E-state index in [9.17, 15) is 4.79 Å². The molecule has 9 nitrogen and oxygen atoms in total. The Hall–Kier alpha value is -1.40. The molecule has 0 aliphatic carbocycles. The molecule has 29 heavy (non-hydrogen) atoms. The molecule has 1 atom stereocenters. The largest absolute Gasteiger partial charge is 0.376 e. The van der Waals surface area contributed by atoms with E-state index in [2.05, 4.69) is 25.3 Å². The quantitative estimate of drug-likeness (QED) is 0.340. The maximum absolute atomic E-state index is 12.0. The number of carbonyl (C=O) groups is 1. The van der Waals surface area contributed by atoms with Gasteiger partial charge in [0.15, 0.2) is 5.96 Å². The van der Waals surface area contributed by atoms with E-state index in [1.165, 1.54) is 0 Å². The van der Waals surface area contributed by atoms with Crippen molar-refractivity contribution in [1.29, 1.82) is 0 Å². The number of guanidine groups is 1. The van der Waals surface area contributed by atoms with Gasteiger partial charge in [-0.05, 0) is 19.8 Å². The topological polar surface area (TPSA) is 86.4 Å². The molecule has 2 saturated heterocycles. The number of aryl methyl sites for hydroxylation is 1. The van der Waals surface area contributed by atoms with Gasteiger partial charge in [-0.1, -0.05) is 5.16 Å². The van der Waals surface area contributed by atoms with Crippen LogP contribution in [0.15, 0.2) is 15.6 Å². The molecule has 1 aromatic heterocycles. The van der Waals surface area contributed by atoms with E-state index in [1.54, 1.807) is 19.0 Å². The van der Waals surface area contributed by atoms with Crippen LogP contribution in [0.4, 0.5) is 0 Å². The zero-order valence-electron chi connectivity index (χ0n) is 17.6. The highest BCUT2D eigenvalue weighted by Gasteiger charge is 2.23. The van der Waals surface area contributed by atoms with E-state index >= 15 is 0 Å². The third-order valence-corrected chi connectivity index (χ3v) is 5.11. The van der Waals surface area contributed by atoms with Crippen LogP contribution in [0.3, 0.4) is 0 Å². The van der Waals surface area contributed by atoms with Gasteiger partial charge < -0.3 is 24.4 Å². The van der Waals surface area contributed by atoms with Crippen LogP contribution in [0.25, 0.3) is 0 Å². The highest BCUT2D eigenvalue weighted by Crippen LogP contribution is 2.12. The normalized spacial score (nSPS) is 20.4. The van der Waals surface area contributed by atoms with Crippen LogP contribution in [-0.2, 0) is 16.1 Å². The summed E-state index contributed by atoms with van der Waals surface area (Å²) in [7, 11) is 3.50. The number of carbonyl (C=O) groups excluding carboxylic acids is 1. The molecule has 0 aromatic carbocycles.